The van der Waals surface area contributed by atoms with Gasteiger partial charge in [0, 0.05) is 5.56 Å². The van der Waals surface area contributed by atoms with E-state index in [4.69, 9.17) is 4.74 Å². The molecule has 0 aliphatic heterocycles. The number of benzene rings is 1. The molecule has 7 heteroatoms. The molecular weight excluding hydrogens is 387 g/mol. The summed E-state index contributed by atoms with van der Waals surface area (Å²) in [6, 6.07) is 5.44. The lowest BCUT2D eigenvalue weighted by Gasteiger charge is -2.23. The van der Waals surface area contributed by atoms with E-state index in [2.05, 4.69) is 13.8 Å². The first kappa shape index (κ1) is 22.3. The standard InChI is InChI=1S/C21H26F3NO2S/c1-3-5-6-8-15(4-2)14-27-21(26)25(18-9-7-12-28-18)13-16-10-11-17(22)20(24)19(16)23/h7,9-12,15H,3-6,8,13-14H2,1-2H3. The maximum atomic E-state index is 14.1. The summed E-state index contributed by atoms with van der Waals surface area (Å²) in [7, 11) is 0. The highest BCUT2D eigenvalue weighted by molar-refractivity contribution is 7.14. The monoisotopic (exact) mass is 413 g/mol. The molecule has 0 aliphatic rings. The van der Waals surface area contributed by atoms with Gasteiger partial charge in [-0.2, -0.15) is 0 Å². The van der Waals surface area contributed by atoms with E-state index in [1.165, 1.54) is 16.2 Å². The number of carbonyl (C=O) groups is 1. The van der Waals surface area contributed by atoms with Gasteiger partial charge >= 0.3 is 6.09 Å². The molecule has 1 amide bonds. The Hall–Kier alpha value is -2.02. The van der Waals surface area contributed by atoms with Gasteiger partial charge in [-0.3, -0.25) is 4.90 Å². The van der Waals surface area contributed by atoms with Gasteiger partial charge in [0.2, 0.25) is 0 Å². The minimum Gasteiger partial charge on any atom is -0.449 e. The average molecular weight is 414 g/mol. The molecule has 0 aliphatic carbocycles. The van der Waals surface area contributed by atoms with Crippen LogP contribution in [0.4, 0.5) is 23.0 Å². The molecular formula is C21H26F3NO2S. The molecule has 1 unspecified atom stereocenters. The van der Waals surface area contributed by atoms with Gasteiger partial charge in [0.05, 0.1) is 13.2 Å². The second-order valence-corrected chi connectivity index (χ2v) is 7.65. The molecule has 1 aromatic heterocycles. The molecule has 1 atom stereocenters. The molecule has 154 valence electrons. The largest absolute Gasteiger partial charge is 0.449 e. The van der Waals surface area contributed by atoms with Crippen LogP contribution in [0.1, 0.15) is 51.5 Å². The number of unbranched alkanes of at least 4 members (excludes halogenated alkanes) is 2. The van der Waals surface area contributed by atoms with Gasteiger partial charge in [-0.05, 0) is 35.9 Å². The van der Waals surface area contributed by atoms with Gasteiger partial charge in [-0.15, -0.1) is 11.3 Å². The predicted octanol–water partition coefficient (Wildman–Crippen LogP) is 6.92. The average Bonchev–Trinajstić information content (AvgIpc) is 3.22. The number of halogens is 3. The summed E-state index contributed by atoms with van der Waals surface area (Å²) in [5.41, 5.74) is -0.112. The van der Waals surface area contributed by atoms with Crippen molar-refractivity contribution in [3.63, 3.8) is 0 Å². The number of ether oxygens (including phenoxy) is 1. The maximum absolute atomic E-state index is 14.1. The SMILES string of the molecule is CCCCCC(CC)COC(=O)N(Cc1ccc(F)c(F)c1F)c1cccs1. The minimum atomic E-state index is -1.54. The summed E-state index contributed by atoms with van der Waals surface area (Å²) >= 11 is 1.28. The van der Waals surface area contributed by atoms with Crippen LogP contribution in [-0.2, 0) is 11.3 Å². The smallest absolute Gasteiger partial charge is 0.415 e. The van der Waals surface area contributed by atoms with Crippen molar-refractivity contribution in [1.82, 2.24) is 0 Å². The Morgan fingerprint density at radius 2 is 1.93 bits per heavy atom. The fourth-order valence-corrected chi connectivity index (χ4v) is 3.59. The molecule has 0 N–H and O–H groups in total. The number of nitrogens with zero attached hydrogens (tertiary/aromatic N) is 1. The van der Waals surface area contributed by atoms with Gasteiger partial charge in [-0.1, -0.05) is 45.6 Å². The Morgan fingerprint density at radius 3 is 2.57 bits per heavy atom. The molecule has 0 saturated heterocycles. The second-order valence-electron chi connectivity index (χ2n) is 6.72. The number of carbonyl (C=O) groups excluding carboxylic acids is 1. The first-order valence-corrected chi connectivity index (χ1v) is 10.5. The quantitative estimate of drug-likeness (QED) is 0.313. The lowest BCUT2D eigenvalue weighted by atomic mass is 10.00. The Balaban J connectivity index is 2.09. The second kappa shape index (κ2) is 11.1. The number of hydrogen-bond acceptors (Lipinski definition) is 3. The van der Waals surface area contributed by atoms with Gasteiger partial charge in [0.15, 0.2) is 17.5 Å². The molecule has 1 aromatic carbocycles. The third-order valence-electron chi connectivity index (χ3n) is 4.67. The molecule has 2 rings (SSSR count). The molecule has 0 bridgehead atoms. The molecule has 0 radical (unpaired) electrons. The third-order valence-corrected chi connectivity index (χ3v) is 5.56. The number of rotatable bonds is 10. The van der Waals surface area contributed by atoms with E-state index >= 15 is 0 Å². The normalized spacial score (nSPS) is 12.0. The van der Waals surface area contributed by atoms with Crippen molar-refractivity contribution < 1.29 is 22.7 Å². The van der Waals surface area contributed by atoms with Crippen LogP contribution in [0.15, 0.2) is 29.6 Å². The lowest BCUT2D eigenvalue weighted by Crippen LogP contribution is -2.32. The summed E-state index contributed by atoms with van der Waals surface area (Å²) in [6.45, 7) is 4.23. The molecule has 0 saturated carbocycles. The van der Waals surface area contributed by atoms with Crippen molar-refractivity contribution in [1.29, 1.82) is 0 Å². The fourth-order valence-electron chi connectivity index (χ4n) is 2.87. The topological polar surface area (TPSA) is 29.5 Å². The molecule has 0 fully saturated rings. The van der Waals surface area contributed by atoms with Crippen LogP contribution < -0.4 is 4.90 Å². The van der Waals surface area contributed by atoms with Crippen LogP contribution in [0.2, 0.25) is 0 Å². The molecule has 2 aromatic rings. The van der Waals surface area contributed by atoms with E-state index in [1.807, 2.05) is 0 Å². The summed E-state index contributed by atoms with van der Waals surface area (Å²) in [4.78, 5) is 13.9. The zero-order chi connectivity index (χ0) is 20.5. The van der Waals surface area contributed by atoms with Crippen LogP contribution >= 0.6 is 11.3 Å². The van der Waals surface area contributed by atoms with Crippen molar-refractivity contribution in [2.75, 3.05) is 11.5 Å². The van der Waals surface area contributed by atoms with E-state index in [-0.39, 0.29) is 24.6 Å². The first-order chi connectivity index (χ1) is 13.5. The van der Waals surface area contributed by atoms with Gasteiger partial charge in [0.25, 0.3) is 0 Å². The van der Waals surface area contributed by atoms with Gasteiger partial charge in [-0.25, -0.2) is 18.0 Å². The van der Waals surface area contributed by atoms with Crippen molar-refractivity contribution in [2.24, 2.45) is 5.92 Å². The lowest BCUT2D eigenvalue weighted by molar-refractivity contribution is 0.129. The number of thiophene rings is 1. The zero-order valence-electron chi connectivity index (χ0n) is 16.2. The van der Waals surface area contributed by atoms with Gasteiger partial charge in [0.1, 0.15) is 5.00 Å². The van der Waals surface area contributed by atoms with E-state index in [0.717, 1.165) is 44.2 Å². The van der Waals surface area contributed by atoms with Crippen LogP contribution in [0, 0.1) is 23.4 Å². The molecule has 28 heavy (non-hydrogen) atoms. The first-order valence-electron chi connectivity index (χ1n) is 9.58. The Morgan fingerprint density at radius 1 is 1.14 bits per heavy atom. The highest BCUT2D eigenvalue weighted by Gasteiger charge is 2.23. The molecule has 1 heterocycles. The maximum Gasteiger partial charge on any atom is 0.415 e. The Kier molecular flexibility index (Phi) is 8.83. The Bertz CT molecular complexity index is 752. The summed E-state index contributed by atoms with van der Waals surface area (Å²) in [6.07, 6.45) is 4.60. The number of hydrogen-bond donors (Lipinski definition) is 0. The van der Waals surface area contributed by atoms with E-state index in [0.29, 0.717) is 5.00 Å². The van der Waals surface area contributed by atoms with E-state index in [9.17, 15) is 18.0 Å². The van der Waals surface area contributed by atoms with E-state index < -0.39 is 23.5 Å². The fraction of sp³-hybridized carbons (Fsp3) is 0.476. The third kappa shape index (κ3) is 5.99. The van der Waals surface area contributed by atoms with Crippen LogP contribution in [-0.4, -0.2) is 12.7 Å². The van der Waals surface area contributed by atoms with Crippen LogP contribution in [0.3, 0.4) is 0 Å². The summed E-state index contributed by atoms with van der Waals surface area (Å²) in [5.74, 6) is -3.83. The Labute approximate surface area is 168 Å². The molecule has 3 nitrogen and oxygen atoms in total. The van der Waals surface area contributed by atoms with Crippen LogP contribution in [0.25, 0.3) is 0 Å². The van der Waals surface area contributed by atoms with Crippen molar-refractivity contribution in [3.05, 3.63) is 52.7 Å². The zero-order valence-corrected chi connectivity index (χ0v) is 17.0. The number of amides is 1. The van der Waals surface area contributed by atoms with E-state index in [1.54, 1.807) is 17.5 Å². The number of anilines is 1. The summed E-state index contributed by atoms with van der Waals surface area (Å²) < 4.78 is 46.3. The minimum absolute atomic E-state index is 0.112. The predicted molar refractivity (Wildman–Crippen MR) is 106 cm³/mol. The van der Waals surface area contributed by atoms with Crippen molar-refractivity contribution >= 4 is 22.4 Å². The highest BCUT2D eigenvalue weighted by Crippen LogP contribution is 2.26. The van der Waals surface area contributed by atoms with Crippen LogP contribution in [0.5, 0.6) is 0 Å². The summed E-state index contributed by atoms with van der Waals surface area (Å²) in [5, 5.41) is 2.32. The van der Waals surface area contributed by atoms with Gasteiger partial charge < -0.3 is 4.74 Å². The highest BCUT2D eigenvalue weighted by atomic mass is 32.1. The molecule has 0 spiro atoms. The van der Waals surface area contributed by atoms with Crippen molar-refractivity contribution in [3.8, 4) is 0 Å². The van der Waals surface area contributed by atoms with Crippen molar-refractivity contribution in [2.45, 2.75) is 52.5 Å².